The Labute approximate surface area is 204 Å². The summed E-state index contributed by atoms with van der Waals surface area (Å²) in [7, 11) is -1.69. The SMILES string of the molecule is CCN(CC)S(=O)(=O)c1ccc(CCNC(=NC)NCc2nnc3ccccn23)s1.I. The minimum Gasteiger partial charge on any atom is -0.356 e. The molecule has 0 aliphatic carbocycles. The molecule has 31 heavy (non-hydrogen) atoms. The molecule has 3 rings (SSSR count). The van der Waals surface area contributed by atoms with Crippen LogP contribution in [0.3, 0.4) is 0 Å². The van der Waals surface area contributed by atoms with Crippen LogP contribution in [0.2, 0.25) is 0 Å². The molecule has 3 heterocycles. The number of hydrogen-bond acceptors (Lipinski definition) is 6. The summed E-state index contributed by atoms with van der Waals surface area (Å²) in [5.41, 5.74) is 0.797. The van der Waals surface area contributed by atoms with Crippen molar-refractivity contribution in [2.24, 2.45) is 4.99 Å². The van der Waals surface area contributed by atoms with Crippen molar-refractivity contribution in [3.05, 3.63) is 47.2 Å². The molecular formula is C19H28IN7O2S2. The molecule has 0 bridgehead atoms. The van der Waals surface area contributed by atoms with Gasteiger partial charge in [-0.2, -0.15) is 4.31 Å². The Morgan fingerprint density at radius 3 is 2.65 bits per heavy atom. The minimum atomic E-state index is -3.40. The fourth-order valence-electron chi connectivity index (χ4n) is 3.02. The van der Waals surface area contributed by atoms with E-state index in [0.717, 1.165) is 16.3 Å². The maximum atomic E-state index is 12.6. The van der Waals surface area contributed by atoms with Crippen LogP contribution in [0, 0.1) is 0 Å². The smallest absolute Gasteiger partial charge is 0.252 e. The van der Waals surface area contributed by atoms with Gasteiger partial charge < -0.3 is 10.6 Å². The summed E-state index contributed by atoms with van der Waals surface area (Å²) in [5.74, 6) is 1.44. The molecule has 12 heteroatoms. The lowest BCUT2D eigenvalue weighted by atomic mass is 10.3. The van der Waals surface area contributed by atoms with Gasteiger partial charge in [-0.25, -0.2) is 8.42 Å². The van der Waals surface area contributed by atoms with Crippen LogP contribution in [0.4, 0.5) is 0 Å². The minimum absolute atomic E-state index is 0. The van der Waals surface area contributed by atoms with Crippen LogP contribution in [0.25, 0.3) is 5.65 Å². The van der Waals surface area contributed by atoms with Crippen molar-refractivity contribution in [2.75, 3.05) is 26.7 Å². The van der Waals surface area contributed by atoms with E-state index in [1.165, 1.54) is 15.6 Å². The average Bonchev–Trinajstić information content (AvgIpc) is 3.39. The Morgan fingerprint density at radius 2 is 1.94 bits per heavy atom. The first kappa shape index (κ1) is 25.5. The first-order valence-electron chi connectivity index (χ1n) is 9.81. The van der Waals surface area contributed by atoms with Crippen molar-refractivity contribution in [1.82, 2.24) is 29.5 Å². The molecular weight excluding hydrogens is 549 g/mol. The molecule has 0 saturated heterocycles. The Morgan fingerprint density at radius 1 is 1.16 bits per heavy atom. The molecule has 3 aromatic rings. The van der Waals surface area contributed by atoms with E-state index in [1.807, 2.05) is 48.7 Å². The third-order valence-corrected chi connectivity index (χ3v) is 8.28. The van der Waals surface area contributed by atoms with Crippen molar-refractivity contribution in [3.8, 4) is 0 Å². The summed E-state index contributed by atoms with van der Waals surface area (Å²) in [6.45, 7) is 5.75. The molecule has 0 aliphatic rings. The Balaban J connectivity index is 0.00000341. The highest BCUT2D eigenvalue weighted by atomic mass is 127. The average molecular weight is 578 g/mol. The van der Waals surface area contributed by atoms with Gasteiger partial charge in [-0.3, -0.25) is 9.39 Å². The predicted octanol–water partition coefficient (Wildman–Crippen LogP) is 2.35. The number of hydrogen-bond donors (Lipinski definition) is 2. The summed E-state index contributed by atoms with van der Waals surface area (Å²) in [4.78, 5) is 5.23. The monoisotopic (exact) mass is 577 g/mol. The number of rotatable bonds is 9. The van der Waals surface area contributed by atoms with Gasteiger partial charge in [0.2, 0.25) is 0 Å². The van der Waals surface area contributed by atoms with Crippen LogP contribution in [0.15, 0.2) is 45.7 Å². The molecule has 0 saturated carbocycles. The van der Waals surface area contributed by atoms with Crippen LogP contribution >= 0.6 is 35.3 Å². The number of halogens is 1. The predicted molar refractivity (Wildman–Crippen MR) is 135 cm³/mol. The van der Waals surface area contributed by atoms with E-state index in [0.29, 0.717) is 42.8 Å². The molecule has 0 amide bonds. The second kappa shape index (κ2) is 11.7. The number of nitrogens with zero attached hydrogens (tertiary/aromatic N) is 5. The Hall–Kier alpha value is -1.77. The number of aromatic nitrogens is 3. The number of nitrogens with one attached hydrogen (secondary N) is 2. The topological polar surface area (TPSA) is 104 Å². The van der Waals surface area contributed by atoms with Gasteiger partial charge in [-0.15, -0.1) is 45.5 Å². The van der Waals surface area contributed by atoms with Gasteiger partial charge in [0.15, 0.2) is 17.4 Å². The number of fused-ring (bicyclic) bond motifs is 1. The lowest BCUT2D eigenvalue weighted by Gasteiger charge is -2.16. The maximum Gasteiger partial charge on any atom is 0.252 e. The highest BCUT2D eigenvalue weighted by molar-refractivity contribution is 14.0. The first-order chi connectivity index (χ1) is 14.5. The van der Waals surface area contributed by atoms with E-state index in [9.17, 15) is 8.42 Å². The second-order valence-electron chi connectivity index (χ2n) is 6.46. The second-order valence-corrected chi connectivity index (χ2v) is 9.79. The quantitative estimate of drug-likeness (QED) is 0.230. The van der Waals surface area contributed by atoms with Gasteiger partial charge in [0.05, 0.1) is 6.54 Å². The third kappa shape index (κ3) is 6.14. The van der Waals surface area contributed by atoms with E-state index in [-0.39, 0.29) is 24.0 Å². The van der Waals surface area contributed by atoms with Crippen molar-refractivity contribution >= 4 is 56.9 Å². The standard InChI is InChI=1S/C19H27N7O2S2.HI/c1-4-25(5-2)30(27,28)18-10-9-15(29-18)11-12-21-19(20-3)22-14-17-24-23-16-8-6-7-13-26(16)17;/h6-10,13H,4-5,11-12,14H2,1-3H3,(H2,20,21,22);1H. The zero-order valence-corrected chi connectivity index (χ0v) is 21.7. The molecule has 170 valence electrons. The van der Waals surface area contributed by atoms with Crippen LogP contribution in [0.1, 0.15) is 24.5 Å². The fourth-order valence-corrected chi connectivity index (χ4v) is 5.99. The van der Waals surface area contributed by atoms with Crippen molar-refractivity contribution in [2.45, 2.75) is 31.0 Å². The van der Waals surface area contributed by atoms with Crippen molar-refractivity contribution < 1.29 is 8.42 Å². The zero-order chi connectivity index (χ0) is 21.6. The summed E-state index contributed by atoms with van der Waals surface area (Å²) < 4.78 is 29.0. The highest BCUT2D eigenvalue weighted by Gasteiger charge is 2.23. The van der Waals surface area contributed by atoms with Crippen molar-refractivity contribution in [1.29, 1.82) is 0 Å². The summed E-state index contributed by atoms with van der Waals surface area (Å²) >= 11 is 1.32. The number of aliphatic imine (C=N–C) groups is 1. The van der Waals surface area contributed by atoms with E-state index in [2.05, 4.69) is 25.8 Å². The van der Waals surface area contributed by atoms with Gasteiger partial charge in [-0.05, 0) is 30.7 Å². The van der Waals surface area contributed by atoms with E-state index >= 15 is 0 Å². The van der Waals surface area contributed by atoms with E-state index in [4.69, 9.17) is 0 Å². The van der Waals surface area contributed by atoms with Gasteiger partial charge in [0.1, 0.15) is 4.21 Å². The number of guanidine groups is 1. The largest absolute Gasteiger partial charge is 0.356 e. The summed E-state index contributed by atoms with van der Waals surface area (Å²) in [5, 5.41) is 14.8. The molecule has 9 nitrogen and oxygen atoms in total. The van der Waals surface area contributed by atoms with E-state index < -0.39 is 10.0 Å². The van der Waals surface area contributed by atoms with Crippen LogP contribution in [-0.4, -0.2) is 60.0 Å². The van der Waals surface area contributed by atoms with Crippen LogP contribution < -0.4 is 10.6 Å². The molecule has 0 fully saturated rings. The number of thiophene rings is 1. The zero-order valence-electron chi connectivity index (χ0n) is 17.8. The highest BCUT2D eigenvalue weighted by Crippen LogP contribution is 2.25. The molecule has 2 N–H and O–H groups in total. The normalized spacial score (nSPS) is 12.2. The molecule has 0 aromatic carbocycles. The lowest BCUT2D eigenvalue weighted by Crippen LogP contribution is -2.38. The lowest BCUT2D eigenvalue weighted by molar-refractivity contribution is 0.447. The molecule has 0 spiro atoms. The van der Waals surface area contributed by atoms with Gasteiger partial charge in [-0.1, -0.05) is 19.9 Å². The molecule has 0 atom stereocenters. The first-order valence-corrected chi connectivity index (χ1v) is 12.1. The molecule has 0 unspecified atom stereocenters. The number of sulfonamides is 1. The Bertz CT molecular complexity index is 1110. The molecule has 3 aromatic heterocycles. The molecule has 0 radical (unpaired) electrons. The van der Waals surface area contributed by atoms with Gasteiger partial charge in [0, 0.05) is 37.8 Å². The van der Waals surface area contributed by atoms with Crippen LogP contribution in [-0.2, 0) is 23.0 Å². The summed E-state index contributed by atoms with van der Waals surface area (Å²) in [6.07, 6.45) is 2.62. The number of pyridine rings is 1. The van der Waals surface area contributed by atoms with Gasteiger partial charge >= 0.3 is 0 Å². The Kier molecular flexibility index (Phi) is 9.65. The van der Waals surface area contributed by atoms with Gasteiger partial charge in [0.25, 0.3) is 10.0 Å². The fraction of sp³-hybridized carbons (Fsp3) is 0.421. The summed E-state index contributed by atoms with van der Waals surface area (Å²) in [6, 6.07) is 9.32. The van der Waals surface area contributed by atoms with Crippen LogP contribution in [0.5, 0.6) is 0 Å². The third-order valence-electron chi connectivity index (χ3n) is 4.62. The molecule has 0 aliphatic heterocycles. The maximum absolute atomic E-state index is 12.6. The van der Waals surface area contributed by atoms with E-state index in [1.54, 1.807) is 13.1 Å². The van der Waals surface area contributed by atoms with Crippen molar-refractivity contribution in [3.63, 3.8) is 0 Å².